The van der Waals surface area contributed by atoms with Crippen molar-refractivity contribution in [1.82, 2.24) is 30.3 Å². The summed E-state index contributed by atoms with van der Waals surface area (Å²) in [4.78, 5) is 29.6. The minimum atomic E-state index is -0.465. The zero-order valence-electron chi connectivity index (χ0n) is 27.0. The van der Waals surface area contributed by atoms with Gasteiger partial charge in [0.1, 0.15) is 11.7 Å². The van der Waals surface area contributed by atoms with Gasteiger partial charge < -0.3 is 29.2 Å². The molecule has 2 fully saturated rings. The van der Waals surface area contributed by atoms with Crippen LogP contribution in [0.25, 0.3) is 22.3 Å². The molecule has 0 saturated carbocycles. The zero-order chi connectivity index (χ0) is 32.5. The van der Waals surface area contributed by atoms with Gasteiger partial charge in [-0.05, 0) is 72.8 Å². The summed E-state index contributed by atoms with van der Waals surface area (Å²) in [6.07, 6.45) is 9.91. The number of fused-ring (bicyclic) bond motifs is 1. The Labute approximate surface area is 273 Å². The molecular weight excluding hydrogens is 596 g/mol. The van der Waals surface area contributed by atoms with Crippen molar-refractivity contribution in [3.63, 3.8) is 0 Å². The van der Waals surface area contributed by atoms with Crippen LogP contribution in [-0.4, -0.2) is 74.7 Å². The molecule has 0 spiro atoms. The molecule has 2 aliphatic heterocycles. The highest BCUT2D eigenvalue weighted by Crippen LogP contribution is 2.37. The van der Waals surface area contributed by atoms with E-state index in [9.17, 15) is 9.90 Å². The Hall–Kier alpha value is -5.00. The second kappa shape index (κ2) is 13.0. The first kappa shape index (κ1) is 30.6. The smallest absolute Gasteiger partial charge is 0.316 e. The molecule has 47 heavy (non-hydrogen) atoms. The Morgan fingerprint density at radius 3 is 2.38 bits per heavy atom. The van der Waals surface area contributed by atoms with Crippen LogP contribution in [0, 0.1) is 5.92 Å². The second-order valence-electron chi connectivity index (χ2n) is 12.9. The summed E-state index contributed by atoms with van der Waals surface area (Å²) in [7, 11) is 1.40. The van der Waals surface area contributed by atoms with Crippen LogP contribution in [0.15, 0.2) is 59.5 Å². The summed E-state index contributed by atoms with van der Waals surface area (Å²) in [5.41, 5.74) is 4.50. The maximum absolute atomic E-state index is 12.3. The molecule has 244 valence electrons. The monoisotopic (exact) mass is 636 g/mol. The fourth-order valence-corrected chi connectivity index (χ4v) is 7.06. The molecule has 2 N–H and O–H groups in total. The van der Waals surface area contributed by atoms with E-state index in [4.69, 9.17) is 19.2 Å². The Morgan fingerprint density at radius 2 is 1.68 bits per heavy atom. The van der Waals surface area contributed by atoms with E-state index in [0.717, 1.165) is 80.2 Å². The molecule has 2 saturated heterocycles. The van der Waals surface area contributed by atoms with Gasteiger partial charge in [0.15, 0.2) is 17.2 Å². The maximum atomic E-state index is 12.3. The summed E-state index contributed by atoms with van der Waals surface area (Å²) in [5, 5.41) is 24.4. The topological polar surface area (TPSA) is 146 Å². The van der Waals surface area contributed by atoms with E-state index in [1.54, 1.807) is 12.1 Å². The number of hydrogen-bond donors (Lipinski definition) is 2. The number of nitrogens with zero attached hydrogens (tertiary/aromatic N) is 7. The van der Waals surface area contributed by atoms with Crippen molar-refractivity contribution >= 4 is 28.8 Å². The number of hydrogen-bond acceptors (Lipinski definition) is 11. The van der Waals surface area contributed by atoms with Gasteiger partial charge in [0.25, 0.3) is 0 Å². The zero-order valence-corrected chi connectivity index (χ0v) is 27.0. The van der Waals surface area contributed by atoms with E-state index in [0.29, 0.717) is 28.9 Å². The number of aromatic hydroxyl groups is 1. The third-order valence-corrected chi connectivity index (χ3v) is 9.76. The summed E-state index contributed by atoms with van der Waals surface area (Å²) >= 11 is 0. The number of aromatic amines is 1. The molecule has 12 heteroatoms. The van der Waals surface area contributed by atoms with Crippen LogP contribution in [0.1, 0.15) is 74.2 Å². The molecule has 0 radical (unpaired) electrons. The number of nitrogens with one attached hydrogen (secondary N) is 1. The van der Waals surface area contributed by atoms with E-state index < -0.39 is 5.92 Å². The van der Waals surface area contributed by atoms with Gasteiger partial charge in [0, 0.05) is 61.8 Å². The first-order valence-corrected chi connectivity index (χ1v) is 16.4. The lowest BCUT2D eigenvalue weighted by atomic mass is 9.89. The van der Waals surface area contributed by atoms with E-state index >= 15 is 0 Å². The van der Waals surface area contributed by atoms with Gasteiger partial charge in [0.05, 0.1) is 12.8 Å². The molecule has 4 aromatic heterocycles. The molecule has 1 atom stereocenters. The van der Waals surface area contributed by atoms with Gasteiger partial charge >= 0.3 is 5.97 Å². The Kier molecular flexibility index (Phi) is 8.48. The van der Waals surface area contributed by atoms with E-state index in [1.807, 2.05) is 50.5 Å². The van der Waals surface area contributed by atoms with E-state index in [2.05, 4.69) is 36.3 Å². The number of ether oxygens (including phenoxy) is 1. The number of benzene rings is 1. The number of anilines is 2. The van der Waals surface area contributed by atoms with Crippen molar-refractivity contribution in [2.45, 2.75) is 57.3 Å². The summed E-state index contributed by atoms with van der Waals surface area (Å²) in [6.45, 7) is 7.36. The summed E-state index contributed by atoms with van der Waals surface area (Å²) in [5.74, 6) is 2.31. The third-order valence-electron chi connectivity index (χ3n) is 9.76. The van der Waals surface area contributed by atoms with Gasteiger partial charge in [-0.1, -0.05) is 31.1 Å². The largest absolute Gasteiger partial charge is 0.507 e. The van der Waals surface area contributed by atoms with Crippen molar-refractivity contribution in [3.8, 4) is 17.0 Å². The number of phenolic OH excluding ortho intramolecular Hbond substituents is 1. The average Bonchev–Trinajstić information content (AvgIpc) is 3.76. The van der Waals surface area contributed by atoms with Crippen LogP contribution in [0.5, 0.6) is 5.75 Å². The SMILES string of the molecule is COC(=O)C(c1cc(N2CCC(c3cnc(N4CCC(c5c[nH]c6nnc(-c7ccccc7O)cc56)CC4)nc3)CC2)no1)C(C)C. The Morgan fingerprint density at radius 1 is 0.979 bits per heavy atom. The number of aromatic nitrogens is 6. The van der Waals surface area contributed by atoms with Crippen molar-refractivity contribution in [2.75, 3.05) is 43.1 Å². The Balaban J connectivity index is 0.949. The first-order chi connectivity index (χ1) is 22.9. The molecule has 7 rings (SSSR count). The van der Waals surface area contributed by atoms with Crippen LogP contribution in [0.3, 0.4) is 0 Å². The van der Waals surface area contributed by atoms with Gasteiger partial charge in [-0.3, -0.25) is 4.79 Å². The van der Waals surface area contributed by atoms with Crippen LogP contribution in [0.2, 0.25) is 0 Å². The van der Waals surface area contributed by atoms with Gasteiger partial charge in [-0.25, -0.2) is 9.97 Å². The molecule has 2 aliphatic rings. The predicted octanol–water partition coefficient (Wildman–Crippen LogP) is 5.79. The van der Waals surface area contributed by atoms with Gasteiger partial charge in [-0.2, -0.15) is 0 Å². The number of phenols is 1. The quantitative estimate of drug-likeness (QED) is 0.200. The minimum absolute atomic E-state index is 0.0451. The molecule has 5 aromatic rings. The predicted molar refractivity (Wildman–Crippen MR) is 177 cm³/mol. The molecule has 12 nitrogen and oxygen atoms in total. The number of carbonyl (C=O) groups excluding carboxylic acids is 1. The van der Waals surface area contributed by atoms with E-state index in [-0.39, 0.29) is 17.6 Å². The van der Waals surface area contributed by atoms with Crippen molar-refractivity contribution < 1.29 is 19.2 Å². The maximum Gasteiger partial charge on any atom is 0.316 e. The number of methoxy groups -OCH3 is 1. The molecule has 1 unspecified atom stereocenters. The summed E-state index contributed by atoms with van der Waals surface area (Å²) < 4.78 is 10.6. The fourth-order valence-electron chi connectivity index (χ4n) is 7.06. The van der Waals surface area contributed by atoms with Crippen molar-refractivity contribution in [3.05, 3.63) is 71.9 Å². The lowest BCUT2D eigenvalue weighted by Gasteiger charge is -2.33. The Bertz CT molecular complexity index is 1840. The van der Waals surface area contributed by atoms with Crippen molar-refractivity contribution in [2.24, 2.45) is 5.92 Å². The van der Waals surface area contributed by atoms with E-state index in [1.165, 1.54) is 12.7 Å². The molecule has 6 heterocycles. The lowest BCUT2D eigenvalue weighted by Crippen LogP contribution is -2.34. The second-order valence-corrected chi connectivity index (χ2v) is 12.9. The van der Waals surface area contributed by atoms with Crippen LogP contribution < -0.4 is 9.80 Å². The number of H-pyrrole nitrogens is 1. The van der Waals surface area contributed by atoms with Crippen LogP contribution >= 0.6 is 0 Å². The fraction of sp³-hybridized carbons (Fsp3) is 0.429. The van der Waals surface area contributed by atoms with Crippen LogP contribution in [0.4, 0.5) is 11.8 Å². The molecule has 0 aliphatic carbocycles. The minimum Gasteiger partial charge on any atom is -0.507 e. The van der Waals surface area contributed by atoms with Gasteiger partial charge in [-0.15, -0.1) is 10.2 Å². The molecule has 0 amide bonds. The first-order valence-electron chi connectivity index (χ1n) is 16.4. The average molecular weight is 637 g/mol. The highest BCUT2D eigenvalue weighted by atomic mass is 16.5. The number of esters is 1. The number of carbonyl (C=O) groups is 1. The number of rotatable bonds is 8. The van der Waals surface area contributed by atoms with Crippen LogP contribution in [-0.2, 0) is 9.53 Å². The number of para-hydroxylation sites is 1. The molecule has 1 aromatic carbocycles. The van der Waals surface area contributed by atoms with Gasteiger partial charge in [0.2, 0.25) is 5.95 Å². The van der Waals surface area contributed by atoms with Crippen molar-refractivity contribution in [1.29, 1.82) is 0 Å². The third kappa shape index (κ3) is 6.11. The highest BCUT2D eigenvalue weighted by molar-refractivity contribution is 5.84. The highest BCUT2D eigenvalue weighted by Gasteiger charge is 2.31. The molecule has 0 bridgehead atoms. The lowest BCUT2D eigenvalue weighted by molar-refractivity contribution is -0.144. The molecular formula is C35H40N8O4. The summed E-state index contributed by atoms with van der Waals surface area (Å²) in [6, 6.07) is 11.1. The normalized spacial score (nSPS) is 17.0. The number of piperidine rings is 2. The standard InChI is InChI=1S/C35H40N8O4/c1-21(2)32(34(45)46-3)30-17-31(41-47-30)42-12-8-22(9-13-42)24-18-37-35(38-19-24)43-14-10-23(11-15-43)27-20-36-33-26(27)16-28(39-40-33)25-6-4-5-7-29(25)44/h4-7,16-23,32,44H,8-15H2,1-3H3,(H,36,40).